The Kier molecular flexibility index (Phi) is 4.47. The molecule has 1 atom stereocenters. The molecule has 1 unspecified atom stereocenters. The molecule has 2 heterocycles. The lowest BCUT2D eigenvalue weighted by atomic mass is 9.64. The Morgan fingerprint density at radius 3 is 2.61 bits per heavy atom. The van der Waals surface area contributed by atoms with E-state index >= 15 is 0 Å². The number of nitrogens with one attached hydrogen (secondary N) is 1. The van der Waals surface area contributed by atoms with E-state index in [2.05, 4.69) is 27.3 Å². The number of carbonyl (C=O) groups excluding carboxylic acids is 2. The molecular weight excluding hydrogens is 480 g/mol. The number of nitrogens with zero attached hydrogens (tertiary/aromatic N) is 2. The van der Waals surface area contributed by atoms with Crippen molar-refractivity contribution in [2.75, 3.05) is 10.2 Å². The predicted molar refractivity (Wildman–Crippen MR) is 121 cm³/mol. The van der Waals surface area contributed by atoms with E-state index in [0.29, 0.717) is 46.8 Å². The first-order valence-corrected chi connectivity index (χ1v) is 10.9. The molecule has 1 aliphatic carbocycles. The van der Waals surface area contributed by atoms with E-state index in [0.717, 1.165) is 10.2 Å². The Labute approximate surface area is 192 Å². The van der Waals surface area contributed by atoms with Crippen molar-refractivity contribution in [2.24, 2.45) is 5.73 Å². The summed E-state index contributed by atoms with van der Waals surface area (Å²) >= 11 is 9.69. The molecule has 6 nitrogen and oxygen atoms in total. The molecule has 1 spiro atoms. The van der Waals surface area contributed by atoms with Crippen LogP contribution in [0.25, 0.3) is 0 Å². The third kappa shape index (κ3) is 2.62. The molecule has 0 aromatic heterocycles. The topological polar surface area (TPSA) is 99.2 Å². The fourth-order valence-corrected chi connectivity index (χ4v) is 5.28. The number of anilines is 2. The van der Waals surface area contributed by atoms with Gasteiger partial charge in [-0.05, 0) is 55.3 Å². The van der Waals surface area contributed by atoms with Gasteiger partial charge in [0.1, 0.15) is 17.3 Å². The van der Waals surface area contributed by atoms with E-state index in [-0.39, 0.29) is 17.2 Å². The first-order chi connectivity index (χ1) is 14.9. The second-order valence-electron chi connectivity index (χ2n) is 7.68. The molecular formula is C23H16BrClN4O2. The van der Waals surface area contributed by atoms with Gasteiger partial charge in [0.2, 0.25) is 5.91 Å². The minimum atomic E-state index is -1.60. The number of hydrogen-bond donors (Lipinski definition) is 2. The number of Topliss-reactive ketones (excluding diaryl/α,β-unsaturated/α-hetero) is 1. The van der Waals surface area contributed by atoms with Crippen molar-refractivity contribution in [2.45, 2.75) is 24.7 Å². The molecule has 0 fully saturated rings. The lowest BCUT2D eigenvalue weighted by molar-refractivity contribution is -0.122. The summed E-state index contributed by atoms with van der Waals surface area (Å²) in [4.78, 5) is 28.6. The van der Waals surface area contributed by atoms with Gasteiger partial charge in [-0.1, -0.05) is 27.5 Å². The van der Waals surface area contributed by atoms with E-state index in [4.69, 9.17) is 17.3 Å². The summed E-state index contributed by atoms with van der Waals surface area (Å²) in [6.45, 7) is 0. The minimum absolute atomic E-state index is 0.0305. The number of nitrogens with two attached hydrogens (primary N) is 1. The first-order valence-electron chi connectivity index (χ1n) is 9.74. The van der Waals surface area contributed by atoms with Crippen LogP contribution < -0.4 is 16.0 Å². The molecule has 3 N–H and O–H groups in total. The minimum Gasteiger partial charge on any atom is -0.384 e. The zero-order chi connectivity index (χ0) is 21.9. The number of rotatable bonds is 1. The summed E-state index contributed by atoms with van der Waals surface area (Å²) in [5.41, 5.74) is 7.71. The number of benzene rings is 2. The van der Waals surface area contributed by atoms with Crippen molar-refractivity contribution in [3.05, 3.63) is 80.2 Å². The maximum Gasteiger partial charge on any atom is 0.245 e. The number of nitriles is 1. The van der Waals surface area contributed by atoms with Crippen LogP contribution in [-0.2, 0) is 15.0 Å². The van der Waals surface area contributed by atoms with Crippen LogP contribution >= 0.6 is 27.5 Å². The van der Waals surface area contributed by atoms with Gasteiger partial charge in [-0.3, -0.25) is 14.5 Å². The van der Waals surface area contributed by atoms with Crippen LogP contribution in [0.1, 0.15) is 24.8 Å². The van der Waals surface area contributed by atoms with Crippen LogP contribution in [0.5, 0.6) is 0 Å². The van der Waals surface area contributed by atoms with Crippen LogP contribution in [-0.4, -0.2) is 11.7 Å². The van der Waals surface area contributed by atoms with Gasteiger partial charge in [0.25, 0.3) is 0 Å². The van der Waals surface area contributed by atoms with Crippen LogP contribution in [0.3, 0.4) is 0 Å². The molecule has 154 valence electrons. The lowest BCUT2D eigenvalue weighted by Crippen LogP contribution is -2.50. The highest BCUT2D eigenvalue weighted by molar-refractivity contribution is 9.10. The molecule has 0 saturated carbocycles. The Morgan fingerprint density at radius 2 is 1.90 bits per heavy atom. The second-order valence-corrected chi connectivity index (χ2v) is 9.03. The molecule has 0 radical (unpaired) electrons. The Bertz CT molecular complexity index is 1280. The molecule has 8 heteroatoms. The largest absolute Gasteiger partial charge is 0.384 e. The number of ketones is 1. The third-order valence-electron chi connectivity index (χ3n) is 6.07. The molecule has 0 bridgehead atoms. The van der Waals surface area contributed by atoms with Gasteiger partial charge in [-0.15, -0.1) is 0 Å². The van der Waals surface area contributed by atoms with Gasteiger partial charge >= 0.3 is 0 Å². The smallest absolute Gasteiger partial charge is 0.245 e. The molecule has 5 rings (SSSR count). The number of amides is 1. The SMILES string of the molecule is N#CC1=C(N)N(c2ccc(Br)cc2)C2=C(C(=O)CCC2)C12C(=O)Nc1ccc(Cl)cc12. The van der Waals surface area contributed by atoms with Gasteiger partial charge in [-0.25, -0.2) is 0 Å². The van der Waals surface area contributed by atoms with Crippen LogP contribution in [0.15, 0.2) is 69.6 Å². The number of fused-ring (bicyclic) bond motifs is 3. The van der Waals surface area contributed by atoms with E-state index in [1.165, 1.54) is 0 Å². The Balaban J connectivity index is 1.88. The zero-order valence-electron chi connectivity index (χ0n) is 16.2. The van der Waals surface area contributed by atoms with Crippen LogP contribution in [0.2, 0.25) is 5.02 Å². The molecule has 0 saturated heterocycles. The standard InChI is InChI=1S/C23H16BrClN4O2/c24-12-4-7-14(8-5-12)29-18-2-1-3-19(30)20(18)23(16(11-26)21(29)27)15-10-13(25)6-9-17(15)28-22(23)31/h4-10H,1-3,27H2,(H,28,31). The highest BCUT2D eigenvalue weighted by atomic mass is 79.9. The summed E-state index contributed by atoms with van der Waals surface area (Å²) in [5, 5.41) is 13.5. The quantitative estimate of drug-likeness (QED) is 0.606. The molecule has 2 aromatic carbocycles. The van der Waals surface area contributed by atoms with E-state index in [1.54, 1.807) is 23.1 Å². The van der Waals surface area contributed by atoms with Crippen molar-refractivity contribution in [1.29, 1.82) is 5.26 Å². The summed E-state index contributed by atoms with van der Waals surface area (Å²) in [5.74, 6) is -0.477. The van der Waals surface area contributed by atoms with Gasteiger partial charge in [0.05, 0.1) is 5.57 Å². The fraction of sp³-hybridized carbons (Fsp3) is 0.174. The molecule has 2 aliphatic heterocycles. The molecule has 2 aromatic rings. The van der Waals surface area contributed by atoms with Crippen molar-refractivity contribution in [1.82, 2.24) is 0 Å². The lowest BCUT2D eigenvalue weighted by Gasteiger charge is -2.43. The van der Waals surface area contributed by atoms with E-state index in [9.17, 15) is 14.9 Å². The van der Waals surface area contributed by atoms with Gasteiger partial charge in [0.15, 0.2) is 5.78 Å². The maximum atomic E-state index is 13.5. The normalized spacial score (nSPS) is 22.4. The maximum absolute atomic E-state index is 13.5. The molecule has 31 heavy (non-hydrogen) atoms. The van der Waals surface area contributed by atoms with Gasteiger partial charge in [0, 0.05) is 44.1 Å². The number of allylic oxidation sites excluding steroid dienone is 1. The van der Waals surface area contributed by atoms with Crippen molar-refractivity contribution < 1.29 is 9.59 Å². The molecule has 1 amide bonds. The second kappa shape index (κ2) is 6.98. The number of carbonyl (C=O) groups is 2. The van der Waals surface area contributed by atoms with E-state index < -0.39 is 11.3 Å². The van der Waals surface area contributed by atoms with Gasteiger partial charge < -0.3 is 11.1 Å². The number of hydrogen-bond acceptors (Lipinski definition) is 5. The van der Waals surface area contributed by atoms with Crippen molar-refractivity contribution in [3.63, 3.8) is 0 Å². The summed E-state index contributed by atoms with van der Waals surface area (Å²) in [6, 6.07) is 14.6. The van der Waals surface area contributed by atoms with Gasteiger partial charge in [-0.2, -0.15) is 5.26 Å². The number of halogens is 2. The zero-order valence-corrected chi connectivity index (χ0v) is 18.5. The average Bonchev–Trinajstić information content (AvgIpc) is 3.02. The van der Waals surface area contributed by atoms with E-state index in [1.807, 2.05) is 24.3 Å². The van der Waals surface area contributed by atoms with Crippen LogP contribution in [0.4, 0.5) is 11.4 Å². The summed E-state index contributed by atoms with van der Waals surface area (Å²) < 4.78 is 0.889. The average molecular weight is 496 g/mol. The van der Waals surface area contributed by atoms with Crippen LogP contribution in [0, 0.1) is 11.3 Å². The monoisotopic (exact) mass is 494 g/mol. The van der Waals surface area contributed by atoms with Crippen molar-refractivity contribution in [3.8, 4) is 6.07 Å². The van der Waals surface area contributed by atoms with Crippen molar-refractivity contribution >= 4 is 50.6 Å². The Morgan fingerprint density at radius 1 is 1.16 bits per heavy atom. The first kappa shape index (κ1) is 19.9. The summed E-state index contributed by atoms with van der Waals surface area (Å²) in [7, 11) is 0. The fourth-order valence-electron chi connectivity index (χ4n) is 4.85. The summed E-state index contributed by atoms with van der Waals surface area (Å²) in [6.07, 6.45) is 1.50. The Hall–Kier alpha value is -3.08. The predicted octanol–water partition coefficient (Wildman–Crippen LogP) is 4.51. The molecule has 3 aliphatic rings. The highest BCUT2D eigenvalue weighted by Crippen LogP contribution is 2.55. The third-order valence-corrected chi connectivity index (χ3v) is 6.84. The highest BCUT2D eigenvalue weighted by Gasteiger charge is 2.60.